The molecule has 0 fully saturated rings. The van der Waals surface area contributed by atoms with Crippen molar-refractivity contribution in [2.24, 2.45) is 5.73 Å². The van der Waals surface area contributed by atoms with E-state index >= 15 is 0 Å². The van der Waals surface area contributed by atoms with E-state index in [1.54, 1.807) is 79.2 Å². The molecule has 3 amide bonds. The van der Waals surface area contributed by atoms with Crippen LogP contribution in [0.5, 0.6) is 0 Å². The van der Waals surface area contributed by atoms with E-state index in [1.165, 1.54) is 57.9 Å². The number of pyridine rings is 2. The number of benzene rings is 2. The minimum atomic E-state index is -0.610. The highest BCUT2D eigenvalue weighted by Gasteiger charge is 2.27. The molecule has 69 heavy (non-hydrogen) atoms. The Hall–Kier alpha value is -8.24. The van der Waals surface area contributed by atoms with Gasteiger partial charge in [0, 0.05) is 36.8 Å². The molecule has 0 aliphatic carbocycles. The molecule has 2 unspecified atom stereocenters. The molecule has 0 radical (unpaired) electrons. The number of nitrogens with one attached hydrogen (secondary N) is 3. The zero-order valence-corrected chi connectivity index (χ0v) is 39.1. The number of methoxy groups -OCH3 is 1. The molecule has 8 rings (SSSR count). The first-order valence-electron chi connectivity index (χ1n) is 21.5. The highest BCUT2D eigenvalue weighted by atomic mass is 19.1. The van der Waals surface area contributed by atoms with Crippen molar-refractivity contribution in [3.05, 3.63) is 143 Å². The second kappa shape index (κ2) is 24.0. The molecule has 0 saturated carbocycles. The molecule has 6 heterocycles. The molecule has 22 heteroatoms. The van der Waals surface area contributed by atoms with Gasteiger partial charge < -0.3 is 40.4 Å². The quantitative estimate of drug-likeness (QED) is 0.0854. The number of carbonyl (C=O) groups excluding carboxylic acids is 4. The van der Waals surface area contributed by atoms with Crippen LogP contribution in [0.2, 0.25) is 0 Å². The number of nitrogens with two attached hydrogens (primary N) is 1. The van der Waals surface area contributed by atoms with Gasteiger partial charge in [0.25, 0.3) is 17.7 Å². The molecule has 0 aliphatic heterocycles. The minimum Gasteiger partial charge on any atom is -0.464 e. The van der Waals surface area contributed by atoms with Crippen molar-refractivity contribution in [1.29, 1.82) is 0 Å². The number of aryl methyl sites for hydroxylation is 2. The van der Waals surface area contributed by atoms with Crippen molar-refractivity contribution >= 4 is 45.5 Å². The average Bonchev–Trinajstić information content (AvgIpc) is 4.18. The number of aliphatic hydroxyl groups is 1. The minimum absolute atomic E-state index is 0.0690. The van der Waals surface area contributed by atoms with Gasteiger partial charge in [-0.05, 0) is 89.2 Å². The number of esters is 1. The fraction of sp³-hybridized carbons (Fsp3) is 0.277. The van der Waals surface area contributed by atoms with Crippen molar-refractivity contribution in [3.63, 3.8) is 0 Å². The van der Waals surface area contributed by atoms with Gasteiger partial charge in [-0.15, -0.1) is 0 Å². The van der Waals surface area contributed by atoms with Crippen LogP contribution in [0, 0.1) is 25.5 Å². The van der Waals surface area contributed by atoms with Crippen LogP contribution < -0.4 is 21.7 Å². The number of aliphatic hydroxyl groups excluding tert-OH is 1. The maximum absolute atomic E-state index is 13.3. The molecule has 362 valence electrons. The van der Waals surface area contributed by atoms with E-state index < -0.39 is 24.0 Å². The predicted octanol–water partition coefficient (Wildman–Crippen LogP) is 6.19. The monoisotopic (exact) mass is 950 g/mol. The Kier molecular flexibility index (Phi) is 18.0. The molecule has 6 aromatic heterocycles. The highest BCUT2D eigenvalue weighted by molar-refractivity contribution is 6.07. The van der Waals surface area contributed by atoms with Gasteiger partial charge >= 0.3 is 5.97 Å². The number of aromatic nitrogens is 8. The van der Waals surface area contributed by atoms with Crippen LogP contribution in [0.25, 0.3) is 33.2 Å². The van der Waals surface area contributed by atoms with Gasteiger partial charge in [0.05, 0.1) is 65.4 Å². The zero-order valence-electron chi connectivity index (χ0n) is 39.1. The summed E-state index contributed by atoms with van der Waals surface area (Å²) in [4.78, 5) is 66.7. The Morgan fingerprint density at radius 3 is 1.43 bits per heavy atom. The number of hydrogen-bond donors (Lipinski definition) is 5. The van der Waals surface area contributed by atoms with Gasteiger partial charge in [-0.3, -0.25) is 24.4 Å². The van der Waals surface area contributed by atoms with Crippen molar-refractivity contribution in [1.82, 2.24) is 55.4 Å². The number of halogens is 2. The summed E-state index contributed by atoms with van der Waals surface area (Å²) >= 11 is 0. The fourth-order valence-corrected chi connectivity index (χ4v) is 6.72. The summed E-state index contributed by atoms with van der Waals surface area (Å²) < 4.78 is 45.6. The zero-order chi connectivity index (χ0) is 50.4. The van der Waals surface area contributed by atoms with E-state index in [4.69, 9.17) is 18.7 Å². The summed E-state index contributed by atoms with van der Waals surface area (Å²) in [6, 6.07) is 10.6. The molecule has 0 bridgehead atoms. The Morgan fingerprint density at radius 1 is 0.667 bits per heavy atom. The number of fused-ring (bicyclic) bond motifs is 2. The maximum atomic E-state index is 13.3. The number of nitrogens with zero attached hydrogens (tertiary/aromatic N) is 8. The fourth-order valence-electron chi connectivity index (χ4n) is 6.72. The molecule has 2 aromatic carbocycles. The second-order valence-electron chi connectivity index (χ2n) is 14.5. The van der Waals surface area contributed by atoms with Crippen molar-refractivity contribution in [2.75, 3.05) is 27.8 Å². The van der Waals surface area contributed by atoms with Crippen molar-refractivity contribution in [2.45, 2.75) is 59.5 Å². The number of oxazole rings is 2. The first kappa shape index (κ1) is 51.7. The molecular weight excluding hydrogens is 899 g/mol. The highest BCUT2D eigenvalue weighted by Crippen LogP contribution is 2.26. The lowest BCUT2D eigenvalue weighted by Gasteiger charge is -2.14. The molecule has 0 saturated heterocycles. The van der Waals surface area contributed by atoms with Crippen molar-refractivity contribution in [3.8, 4) is 11.4 Å². The molecule has 2 atom stereocenters. The Bertz CT molecular complexity index is 2820. The molecule has 20 nitrogen and oxygen atoms in total. The number of rotatable bonds is 12. The number of carbonyl (C=O) groups is 4. The lowest BCUT2D eigenvalue weighted by Crippen LogP contribution is -2.29. The first-order chi connectivity index (χ1) is 33.3. The third-order valence-electron chi connectivity index (χ3n) is 10.1. The summed E-state index contributed by atoms with van der Waals surface area (Å²) in [7, 11) is 4.27. The molecular formula is C47H52F2N12O8. The van der Waals surface area contributed by atoms with E-state index in [0.29, 0.717) is 68.7 Å². The van der Waals surface area contributed by atoms with Crippen LogP contribution in [0.3, 0.4) is 0 Å². The van der Waals surface area contributed by atoms with E-state index in [2.05, 4.69) is 51.8 Å². The molecule has 0 aliphatic rings. The largest absolute Gasteiger partial charge is 0.464 e. The Morgan fingerprint density at radius 2 is 1.06 bits per heavy atom. The summed E-state index contributed by atoms with van der Waals surface area (Å²) in [6.07, 6.45) is 10.2. The van der Waals surface area contributed by atoms with E-state index in [-0.39, 0.29) is 53.2 Å². The third-order valence-corrected chi connectivity index (χ3v) is 10.1. The molecule has 6 N–H and O–H groups in total. The normalized spacial score (nSPS) is 11.5. The Balaban J connectivity index is 0.000000236. The first-order valence-corrected chi connectivity index (χ1v) is 21.5. The average molecular weight is 951 g/mol. The Labute approximate surface area is 394 Å². The van der Waals surface area contributed by atoms with E-state index in [9.17, 15) is 28.0 Å². The van der Waals surface area contributed by atoms with Crippen LogP contribution in [0.15, 0.2) is 94.5 Å². The van der Waals surface area contributed by atoms with Crippen LogP contribution in [0.1, 0.15) is 111 Å². The molecule has 0 spiro atoms. The lowest BCUT2D eigenvalue weighted by molar-refractivity contribution is 0.0592. The topological polar surface area (TPSA) is 273 Å². The standard InChI is InChI=1S/C22H21FN6O3.C22H20FN5O4.C2H6O.CH5N/c1-4-17(22-28-19(12(2)32-22)21(31)24-3)27-20(30)16-9-25-11-18-15(16)10-26-29(18)14-7-5-13(23)6-8-14;1-4-17(21-27-19(12(2)32-21)22(30)31-3)26-20(29)16-9-24-11-18-15(16)10-25-28(18)14-7-5-13(23)6-8-14;1-2-3;1-2/h5-11,17H,4H2,1-3H3,(H,24,31)(H,27,30);5-11,17H,4H2,1-3H3,(H,26,29);3H,2H2,1H3;2H2,1H3. The second-order valence-corrected chi connectivity index (χ2v) is 14.5. The van der Waals surface area contributed by atoms with Crippen LogP contribution in [-0.4, -0.2) is 96.1 Å². The lowest BCUT2D eigenvalue weighted by atomic mass is 10.1. The van der Waals surface area contributed by atoms with E-state index in [0.717, 1.165) is 0 Å². The SMILES string of the molecule is CCC(NC(=O)c1cncc2c1cnn2-c1ccc(F)cc1)c1nc(C(=O)NC)c(C)o1.CCC(NC(=O)c1cncc2c1cnn2-c1ccc(F)cc1)c1nc(C(=O)OC)c(C)o1.CCO.CN. The van der Waals surface area contributed by atoms with Gasteiger partial charge in [0.15, 0.2) is 11.4 Å². The summed E-state index contributed by atoms with van der Waals surface area (Å²) in [5, 5.41) is 25.7. The van der Waals surface area contributed by atoms with Gasteiger partial charge in [0.2, 0.25) is 11.8 Å². The summed E-state index contributed by atoms with van der Waals surface area (Å²) in [5.74, 6) is -1.32. The van der Waals surface area contributed by atoms with Gasteiger partial charge in [-0.25, -0.2) is 32.9 Å². The maximum Gasteiger partial charge on any atom is 0.360 e. The number of ether oxygens (including phenoxy) is 1. The number of hydrogen-bond acceptors (Lipinski definition) is 15. The van der Waals surface area contributed by atoms with E-state index in [1.807, 2.05) is 13.8 Å². The van der Waals surface area contributed by atoms with Crippen LogP contribution in [-0.2, 0) is 4.74 Å². The smallest absolute Gasteiger partial charge is 0.360 e. The number of amides is 3. The van der Waals surface area contributed by atoms with Crippen LogP contribution in [0.4, 0.5) is 8.78 Å². The third kappa shape index (κ3) is 11.8. The molecule has 8 aromatic rings. The van der Waals surface area contributed by atoms with Gasteiger partial charge in [-0.1, -0.05) is 13.8 Å². The van der Waals surface area contributed by atoms with Gasteiger partial charge in [0.1, 0.15) is 35.2 Å². The summed E-state index contributed by atoms with van der Waals surface area (Å²) in [5.41, 5.74) is 7.86. The predicted molar refractivity (Wildman–Crippen MR) is 249 cm³/mol. The van der Waals surface area contributed by atoms with Crippen LogP contribution >= 0.6 is 0 Å². The summed E-state index contributed by atoms with van der Waals surface area (Å²) in [6.45, 7) is 8.90. The van der Waals surface area contributed by atoms with Crippen molar-refractivity contribution < 1.29 is 46.6 Å². The van der Waals surface area contributed by atoms with Gasteiger partial charge in [-0.2, -0.15) is 10.2 Å².